The first-order chi connectivity index (χ1) is 12.0. The number of carbonyl (C=O) groups excluding carboxylic acids is 1. The number of nitrogens with zero attached hydrogens (tertiary/aromatic N) is 4. The zero-order chi connectivity index (χ0) is 18.2. The number of hydrogen-bond donors (Lipinski definition) is 2. The van der Waals surface area contributed by atoms with E-state index >= 15 is 0 Å². The second kappa shape index (κ2) is 8.98. The molecule has 0 aliphatic carbocycles. The molecule has 0 radical (unpaired) electrons. The van der Waals surface area contributed by atoms with Crippen LogP contribution in [0.25, 0.3) is 0 Å². The lowest BCUT2D eigenvalue weighted by Gasteiger charge is -2.13. The molecule has 0 unspecified atom stereocenters. The van der Waals surface area contributed by atoms with Crippen LogP contribution in [-0.4, -0.2) is 62.1 Å². The number of carbonyl (C=O) groups is 1. The smallest absolute Gasteiger partial charge is 0.271 e. The van der Waals surface area contributed by atoms with Crippen molar-refractivity contribution in [3.63, 3.8) is 0 Å². The molecule has 7 heteroatoms. The summed E-state index contributed by atoms with van der Waals surface area (Å²) >= 11 is 0. The zero-order valence-electron chi connectivity index (χ0n) is 15.3. The van der Waals surface area contributed by atoms with Crippen molar-refractivity contribution >= 4 is 23.1 Å². The van der Waals surface area contributed by atoms with Gasteiger partial charge >= 0.3 is 0 Å². The maximum Gasteiger partial charge on any atom is 0.271 e. The van der Waals surface area contributed by atoms with Crippen molar-refractivity contribution in [2.75, 3.05) is 51.5 Å². The molecule has 134 valence electrons. The molecule has 0 fully saturated rings. The van der Waals surface area contributed by atoms with E-state index in [0.29, 0.717) is 18.1 Å². The van der Waals surface area contributed by atoms with Crippen molar-refractivity contribution in [2.45, 2.75) is 6.42 Å². The molecule has 1 aromatic carbocycles. The first-order valence-electron chi connectivity index (χ1n) is 8.25. The van der Waals surface area contributed by atoms with Crippen molar-refractivity contribution in [2.24, 2.45) is 0 Å². The lowest BCUT2D eigenvalue weighted by atomic mass is 10.2. The van der Waals surface area contributed by atoms with Crippen LogP contribution in [0.4, 0.5) is 17.2 Å². The number of amides is 1. The summed E-state index contributed by atoms with van der Waals surface area (Å²) in [6.45, 7) is 1.55. The van der Waals surface area contributed by atoms with Crippen molar-refractivity contribution in [1.29, 1.82) is 0 Å². The summed E-state index contributed by atoms with van der Waals surface area (Å²) < 4.78 is 0. The molecular weight excluding hydrogens is 316 g/mol. The maximum atomic E-state index is 12.0. The minimum atomic E-state index is -0.201. The van der Waals surface area contributed by atoms with Crippen LogP contribution in [0.5, 0.6) is 0 Å². The molecule has 2 aromatic rings. The highest BCUT2D eigenvalue weighted by Crippen LogP contribution is 2.18. The average molecular weight is 342 g/mol. The van der Waals surface area contributed by atoms with E-state index < -0.39 is 0 Å². The van der Waals surface area contributed by atoms with Crippen molar-refractivity contribution in [1.82, 2.24) is 20.2 Å². The fraction of sp³-hybridized carbons (Fsp3) is 0.389. The Hall–Kier alpha value is -2.67. The van der Waals surface area contributed by atoms with Gasteiger partial charge in [0.1, 0.15) is 11.5 Å². The van der Waals surface area contributed by atoms with Gasteiger partial charge in [0.25, 0.3) is 5.91 Å². The molecule has 1 aromatic heterocycles. The van der Waals surface area contributed by atoms with E-state index in [1.165, 1.54) is 6.20 Å². The van der Waals surface area contributed by atoms with Gasteiger partial charge < -0.3 is 20.4 Å². The van der Waals surface area contributed by atoms with Crippen molar-refractivity contribution in [3.8, 4) is 0 Å². The van der Waals surface area contributed by atoms with Crippen LogP contribution in [0.15, 0.2) is 36.7 Å². The number of rotatable bonds is 8. The van der Waals surface area contributed by atoms with Gasteiger partial charge in [-0.25, -0.2) is 9.97 Å². The Morgan fingerprint density at radius 2 is 1.76 bits per heavy atom. The molecule has 2 rings (SSSR count). The molecule has 0 spiro atoms. The largest absolute Gasteiger partial charge is 0.378 e. The summed E-state index contributed by atoms with van der Waals surface area (Å²) in [4.78, 5) is 24.6. The zero-order valence-corrected chi connectivity index (χ0v) is 15.3. The molecule has 1 amide bonds. The van der Waals surface area contributed by atoms with Gasteiger partial charge in [0.05, 0.1) is 12.4 Å². The van der Waals surface area contributed by atoms with E-state index in [2.05, 4.69) is 25.5 Å². The van der Waals surface area contributed by atoms with E-state index in [9.17, 15) is 4.79 Å². The van der Waals surface area contributed by atoms with Gasteiger partial charge in [-0.2, -0.15) is 0 Å². The van der Waals surface area contributed by atoms with Crippen LogP contribution in [0, 0.1) is 0 Å². The van der Waals surface area contributed by atoms with E-state index in [1.807, 2.05) is 57.4 Å². The third-order valence-corrected chi connectivity index (χ3v) is 3.61. The lowest BCUT2D eigenvalue weighted by molar-refractivity contribution is 0.0947. The Kier molecular flexibility index (Phi) is 6.71. The summed E-state index contributed by atoms with van der Waals surface area (Å²) in [7, 11) is 8.01. The molecule has 0 aliphatic rings. The van der Waals surface area contributed by atoms with Gasteiger partial charge in [-0.05, 0) is 51.3 Å². The van der Waals surface area contributed by atoms with Crippen LogP contribution in [0.1, 0.15) is 16.9 Å². The van der Waals surface area contributed by atoms with E-state index in [0.717, 1.165) is 24.3 Å². The summed E-state index contributed by atoms with van der Waals surface area (Å²) in [6, 6.07) is 7.99. The van der Waals surface area contributed by atoms with E-state index in [-0.39, 0.29) is 5.91 Å². The minimum Gasteiger partial charge on any atom is -0.378 e. The van der Waals surface area contributed by atoms with E-state index in [1.54, 1.807) is 6.20 Å². The van der Waals surface area contributed by atoms with Gasteiger partial charge in [0, 0.05) is 32.0 Å². The summed E-state index contributed by atoms with van der Waals surface area (Å²) in [5.41, 5.74) is 2.36. The highest BCUT2D eigenvalue weighted by Gasteiger charge is 2.07. The Balaban J connectivity index is 1.87. The fourth-order valence-corrected chi connectivity index (χ4v) is 2.19. The predicted molar refractivity (Wildman–Crippen MR) is 102 cm³/mol. The van der Waals surface area contributed by atoms with Crippen molar-refractivity contribution in [3.05, 3.63) is 42.4 Å². The number of benzene rings is 1. The fourth-order valence-electron chi connectivity index (χ4n) is 2.19. The molecule has 0 atom stereocenters. The molecule has 25 heavy (non-hydrogen) atoms. The van der Waals surface area contributed by atoms with Gasteiger partial charge in [-0.15, -0.1) is 0 Å². The number of anilines is 3. The highest BCUT2D eigenvalue weighted by atomic mass is 16.1. The number of hydrogen-bond acceptors (Lipinski definition) is 6. The predicted octanol–water partition coefficient (Wildman–Crippen LogP) is 1.97. The third-order valence-electron chi connectivity index (χ3n) is 3.61. The van der Waals surface area contributed by atoms with Gasteiger partial charge in [-0.1, -0.05) is 0 Å². The standard InChI is InChI=1S/C18H26N6O/c1-23(2)11-5-10-19-18(25)16-12-21-17(13-20-16)22-14-6-8-15(9-7-14)24(3)4/h6-9,12-13H,5,10-11H2,1-4H3,(H,19,25)(H,21,22). The first-order valence-corrected chi connectivity index (χ1v) is 8.25. The van der Waals surface area contributed by atoms with E-state index in [4.69, 9.17) is 0 Å². The Morgan fingerprint density at radius 3 is 2.32 bits per heavy atom. The van der Waals surface area contributed by atoms with Crippen molar-refractivity contribution < 1.29 is 4.79 Å². The lowest BCUT2D eigenvalue weighted by Crippen LogP contribution is -2.27. The maximum absolute atomic E-state index is 12.0. The van der Waals surface area contributed by atoms with Gasteiger partial charge in [0.15, 0.2) is 0 Å². The molecule has 0 aliphatic heterocycles. The van der Waals surface area contributed by atoms with Gasteiger partial charge in [0.2, 0.25) is 0 Å². The van der Waals surface area contributed by atoms with Crippen LogP contribution in [0.2, 0.25) is 0 Å². The third kappa shape index (κ3) is 6.04. The molecule has 0 bridgehead atoms. The monoisotopic (exact) mass is 342 g/mol. The summed E-state index contributed by atoms with van der Waals surface area (Å²) in [5.74, 6) is 0.398. The highest BCUT2D eigenvalue weighted by molar-refractivity contribution is 5.92. The van der Waals surface area contributed by atoms with Crippen LogP contribution in [0.3, 0.4) is 0 Å². The molecule has 0 saturated carbocycles. The number of nitrogens with one attached hydrogen (secondary N) is 2. The number of aromatic nitrogens is 2. The summed E-state index contributed by atoms with van der Waals surface area (Å²) in [6.07, 6.45) is 3.95. The van der Waals surface area contributed by atoms with Gasteiger partial charge in [-0.3, -0.25) is 4.79 Å². The Morgan fingerprint density at radius 1 is 1.04 bits per heavy atom. The quantitative estimate of drug-likeness (QED) is 0.715. The SMILES string of the molecule is CN(C)CCCNC(=O)c1cnc(Nc2ccc(N(C)C)cc2)cn1. The molecule has 2 N–H and O–H groups in total. The topological polar surface area (TPSA) is 73.4 Å². The molecule has 7 nitrogen and oxygen atoms in total. The Bertz CT molecular complexity index is 667. The van der Waals surface area contributed by atoms with Crippen LogP contribution < -0.4 is 15.5 Å². The second-order valence-corrected chi connectivity index (χ2v) is 6.27. The minimum absolute atomic E-state index is 0.201. The Labute approximate surface area is 149 Å². The molecule has 1 heterocycles. The average Bonchev–Trinajstić information content (AvgIpc) is 2.59. The molecular formula is C18H26N6O. The first kappa shape index (κ1) is 18.7. The normalized spacial score (nSPS) is 10.6. The molecule has 0 saturated heterocycles. The van der Waals surface area contributed by atoms with Crippen LogP contribution in [-0.2, 0) is 0 Å². The van der Waals surface area contributed by atoms with Crippen LogP contribution >= 0.6 is 0 Å². The second-order valence-electron chi connectivity index (χ2n) is 6.27. The summed E-state index contributed by atoms with van der Waals surface area (Å²) in [5, 5.41) is 6.02.